The molecule has 0 aromatic carbocycles. The van der Waals surface area contributed by atoms with Gasteiger partial charge in [0.1, 0.15) is 5.82 Å². The lowest BCUT2D eigenvalue weighted by Gasteiger charge is -2.33. The first kappa shape index (κ1) is 14.4. The second-order valence-electron chi connectivity index (χ2n) is 5.88. The van der Waals surface area contributed by atoms with Crippen molar-refractivity contribution in [2.45, 2.75) is 46.6 Å². The van der Waals surface area contributed by atoms with Crippen molar-refractivity contribution in [1.82, 2.24) is 15.1 Å². The Morgan fingerprint density at radius 1 is 1.42 bits per heavy atom. The number of anilines is 1. The number of aromatic nitrogens is 2. The minimum Gasteiger partial charge on any atom is -0.356 e. The van der Waals surface area contributed by atoms with E-state index in [1.807, 2.05) is 0 Å². The Balaban J connectivity index is 2.17. The van der Waals surface area contributed by atoms with E-state index in [9.17, 15) is 0 Å². The molecule has 0 radical (unpaired) electrons. The van der Waals surface area contributed by atoms with E-state index in [0.717, 1.165) is 19.0 Å². The average molecular weight is 264 g/mol. The topological polar surface area (TPSA) is 33.1 Å². The van der Waals surface area contributed by atoms with Crippen molar-refractivity contribution < 1.29 is 0 Å². The minimum absolute atomic E-state index is 0.792. The van der Waals surface area contributed by atoms with Gasteiger partial charge in [0.2, 0.25) is 0 Å². The summed E-state index contributed by atoms with van der Waals surface area (Å²) in [5.74, 6) is 2.12. The van der Waals surface area contributed by atoms with Crippen molar-refractivity contribution in [3.8, 4) is 0 Å². The lowest BCUT2D eigenvalue weighted by Crippen LogP contribution is -2.36. The number of nitrogens with zero attached hydrogens (tertiary/aromatic N) is 3. The van der Waals surface area contributed by atoms with Gasteiger partial charge >= 0.3 is 0 Å². The molecule has 0 spiro atoms. The van der Waals surface area contributed by atoms with Crippen LogP contribution in [0.5, 0.6) is 0 Å². The summed E-state index contributed by atoms with van der Waals surface area (Å²) in [4.78, 5) is 2.52. The summed E-state index contributed by atoms with van der Waals surface area (Å²) in [5, 5.41) is 8.14. The van der Waals surface area contributed by atoms with Gasteiger partial charge in [-0.25, -0.2) is 0 Å². The number of nitrogens with one attached hydrogen (secondary N) is 1. The Morgan fingerprint density at radius 3 is 2.89 bits per heavy atom. The van der Waals surface area contributed by atoms with Gasteiger partial charge in [0, 0.05) is 32.2 Å². The second-order valence-corrected chi connectivity index (χ2v) is 5.88. The zero-order chi connectivity index (χ0) is 13.8. The highest BCUT2D eigenvalue weighted by molar-refractivity contribution is 5.50. The van der Waals surface area contributed by atoms with Crippen LogP contribution in [0.2, 0.25) is 0 Å². The van der Waals surface area contributed by atoms with Gasteiger partial charge in [-0.05, 0) is 38.6 Å². The highest BCUT2D eigenvalue weighted by Crippen LogP contribution is 2.27. The molecule has 0 amide bonds. The SMILES string of the molecule is CCCNCc1c(C)nn(C)c1N1CCCC(C)C1. The Labute approximate surface area is 117 Å². The first-order valence-corrected chi connectivity index (χ1v) is 7.61. The van der Waals surface area contributed by atoms with Crippen molar-refractivity contribution in [3.05, 3.63) is 11.3 Å². The standard InChI is InChI=1S/C15H28N4/c1-5-8-16-10-14-13(3)17-18(4)15(14)19-9-6-7-12(2)11-19/h12,16H,5-11H2,1-4H3. The Kier molecular flexibility index (Phi) is 4.86. The average Bonchev–Trinajstić information content (AvgIpc) is 2.64. The third-order valence-corrected chi connectivity index (χ3v) is 4.00. The summed E-state index contributed by atoms with van der Waals surface area (Å²) in [6.45, 7) is 11.0. The van der Waals surface area contributed by atoms with E-state index in [0.29, 0.717) is 0 Å². The van der Waals surface area contributed by atoms with E-state index >= 15 is 0 Å². The Morgan fingerprint density at radius 2 is 2.21 bits per heavy atom. The third kappa shape index (κ3) is 3.30. The maximum atomic E-state index is 4.62. The third-order valence-electron chi connectivity index (χ3n) is 4.00. The molecule has 1 aliphatic rings. The molecule has 19 heavy (non-hydrogen) atoms. The van der Waals surface area contributed by atoms with E-state index in [1.54, 1.807) is 0 Å². The quantitative estimate of drug-likeness (QED) is 0.829. The normalized spacial score (nSPS) is 20.0. The number of rotatable bonds is 5. The highest BCUT2D eigenvalue weighted by atomic mass is 15.4. The molecule has 2 heterocycles. The van der Waals surface area contributed by atoms with Crippen molar-refractivity contribution in [2.75, 3.05) is 24.5 Å². The molecule has 2 rings (SSSR count). The van der Waals surface area contributed by atoms with Gasteiger partial charge in [-0.15, -0.1) is 0 Å². The van der Waals surface area contributed by atoms with Gasteiger partial charge in [-0.1, -0.05) is 13.8 Å². The number of hydrogen-bond acceptors (Lipinski definition) is 3. The van der Waals surface area contributed by atoms with Gasteiger partial charge in [-0.3, -0.25) is 4.68 Å². The molecule has 1 fully saturated rings. The molecule has 1 unspecified atom stereocenters. The van der Waals surface area contributed by atoms with Crippen molar-refractivity contribution in [1.29, 1.82) is 0 Å². The monoisotopic (exact) mass is 264 g/mol. The lowest BCUT2D eigenvalue weighted by atomic mass is 10.00. The Hall–Kier alpha value is -1.03. The lowest BCUT2D eigenvalue weighted by molar-refractivity contribution is 0.439. The number of hydrogen-bond donors (Lipinski definition) is 1. The fourth-order valence-corrected chi connectivity index (χ4v) is 3.06. The van der Waals surface area contributed by atoms with Crippen molar-refractivity contribution in [3.63, 3.8) is 0 Å². The molecule has 4 heteroatoms. The van der Waals surface area contributed by atoms with Crippen LogP contribution in [-0.4, -0.2) is 29.4 Å². The van der Waals surface area contributed by atoms with Gasteiger partial charge < -0.3 is 10.2 Å². The summed E-state index contributed by atoms with van der Waals surface area (Å²) in [6.07, 6.45) is 3.83. The fraction of sp³-hybridized carbons (Fsp3) is 0.800. The zero-order valence-electron chi connectivity index (χ0n) is 12.9. The molecular weight excluding hydrogens is 236 g/mol. The molecule has 1 aromatic heterocycles. The maximum absolute atomic E-state index is 4.62. The summed E-state index contributed by atoms with van der Waals surface area (Å²) < 4.78 is 2.07. The molecule has 1 atom stereocenters. The van der Waals surface area contributed by atoms with Gasteiger partial charge in [0.15, 0.2) is 0 Å². The summed E-state index contributed by atoms with van der Waals surface area (Å²) in [5.41, 5.74) is 2.55. The van der Waals surface area contributed by atoms with Crippen molar-refractivity contribution >= 4 is 5.82 Å². The van der Waals surface area contributed by atoms with E-state index in [4.69, 9.17) is 0 Å². The number of piperidine rings is 1. The molecule has 0 saturated carbocycles. The van der Waals surface area contributed by atoms with E-state index in [1.165, 1.54) is 49.4 Å². The molecule has 4 nitrogen and oxygen atoms in total. The van der Waals surface area contributed by atoms with Crippen LogP contribution in [0.1, 0.15) is 44.4 Å². The van der Waals surface area contributed by atoms with Crippen LogP contribution in [0.15, 0.2) is 0 Å². The molecule has 1 aliphatic heterocycles. The van der Waals surface area contributed by atoms with Crippen molar-refractivity contribution in [2.24, 2.45) is 13.0 Å². The molecule has 1 N–H and O–H groups in total. The van der Waals surface area contributed by atoms with Crippen LogP contribution < -0.4 is 10.2 Å². The van der Waals surface area contributed by atoms with Gasteiger partial charge in [0.05, 0.1) is 5.69 Å². The van der Waals surface area contributed by atoms with Crippen LogP contribution in [0, 0.1) is 12.8 Å². The van der Waals surface area contributed by atoms with Crippen LogP contribution in [0.25, 0.3) is 0 Å². The van der Waals surface area contributed by atoms with Crippen LogP contribution in [0.4, 0.5) is 5.82 Å². The van der Waals surface area contributed by atoms with Gasteiger partial charge in [-0.2, -0.15) is 5.10 Å². The first-order valence-electron chi connectivity index (χ1n) is 7.61. The highest BCUT2D eigenvalue weighted by Gasteiger charge is 2.23. The summed E-state index contributed by atoms with van der Waals surface area (Å²) >= 11 is 0. The molecular formula is C15H28N4. The molecule has 1 aromatic rings. The molecule has 0 aliphatic carbocycles. The predicted octanol–water partition coefficient (Wildman–Crippen LogP) is 2.46. The van der Waals surface area contributed by atoms with Gasteiger partial charge in [0.25, 0.3) is 0 Å². The van der Waals surface area contributed by atoms with Crippen LogP contribution in [0.3, 0.4) is 0 Å². The molecule has 1 saturated heterocycles. The molecule has 0 bridgehead atoms. The van der Waals surface area contributed by atoms with Crippen LogP contribution >= 0.6 is 0 Å². The van der Waals surface area contributed by atoms with E-state index in [-0.39, 0.29) is 0 Å². The second kappa shape index (κ2) is 6.42. The van der Waals surface area contributed by atoms with E-state index < -0.39 is 0 Å². The largest absolute Gasteiger partial charge is 0.356 e. The van der Waals surface area contributed by atoms with Crippen LogP contribution in [-0.2, 0) is 13.6 Å². The summed E-state index contributed by atoms with van der Waals surface area (Å²) in [6, 6.07) is 0. The Bertz CT molecular complexity index is 411. The predicted molar refractivity (Wildman–Crippen MR) is 80.6 cm³/mol. The zero-order valence-corrected chi connectivity index (χ0v) is 12.9. The number of aryl methyl sites for hydroxylation is 2. The summed E-state index contributed by atoms with van der Waals surface area (Å²) in [7, 11) is 2.07. The molecule has 108 valence electrons. The maximum Gasteiger partial charge on any atom is 0.131 e. The minimum atomic E-state index is 0.792. The van der Waals surface area contributed by atoms with E-state index in [2.05, 4.69) is 47.8 Å². The fourth-order valence-electron chi connectivity index (χ4n) is 3.06. The smallest absolute Gasteiger partial charge is 0.131 e. The first-order chi connectivity index (χ1) is 9.13.